The van der Waals surface area contributed by atoms with E-state index in [0.29, 0.717) is 18.6 Å². The fourth-order valence-corrected chi connectivity index (χ4v) is 2.67. The van der Waals surface area contributed by atoms with E-state index in [-0.39, 0.29) is 6.61 Å². The van der Waals surface area contributed by atoms with Crippen molar-refractivity contribution in [2.75, 3.05) is 18.1 Å². The van der Waals surface area contributed by atoms with Crippen molar-refractivity contribution in [2.24, 2.45) is 0 Å². The number of aliphatic hydroxyl groups excluding tert-OH is 1. The minimum absolute atomic E-state index is 0.140. The fraction of sp³-hybridized carbons (Fsp3) is 0.562. The summed E-state index contributed by atoms with van der Waals surface area (Å²) in [5.74, 6) is 0.985. The molecule has 2 heterocycles. The third kappa shape index (κ3) is 3.04. The number of aliphatic hydroxyl groups is 1. The third-order valence-corrected chi connectivity index (χ3v) is 3.98. The Morgan fingerprint density at radius 2 is 2.24 bits per heavy atom. The normalized spacial score (nSPS) is 15.0. The van der Waals surface area contributed by atoms with Gasteiger partial charge >= 0.3 is 0 Å². The van der Waals surface area contributed by atoms with Gasteiger partial charge in [0, 0.05) is 31.4 Å². The minimum atomic E-state index is 0.140. The van der Waals surface area contributed by atoms with Gasteiger partial charge in [-0.3, -0.25) is 0 Å². The topological polar surface area (TPSA) is 52.8 Å². The van der Waals surface area contributed by atoms with Gasteiger partial charge in [0.1, 0.15) is 5.65 Å². The molecule has 0 aliphatic heterocycles. The molecule has 0 amide bonds. The van der Waals surface area contributed by atoms with E-state index in [2.05, 4.69) is 34.7 Å². The predicted molar refractivity (Wildman–Crippen MR) is 84.6 cm³/mol. The highest BCUT2D eigenvalue weighted by Crippen LogP contribution is 2.25. The molecule has 0 radical (unpaired) electrons. The number of pyridine rings is 1. The van der Waals surface area contributed by atoms with Crippen LogP contribution in [0.4, 0.5) is 5.82 Å². The Balaban J connectivity index is 1.99. The van der Waals surface area contributed by atoms with Crippen LogP contribution in [0, 0.1) is 0 Å². The summed E-state index contributed by atoms with van der Waals surface area (Å²) in [4.78, 5) is 6.97. The SMILES string of the molecule is CC(C)N(CCO)c1nc2ccccn2c1CNC1CC1. The van der Waals surface area contributed by atoms with E-state index in [1.54, 1.807) is 0 Å². The Morgan fingerprint density at radius 1 is 1.43 bits per heavy atom. The number of imidazole rings is 1. The lowest BCUT2D eigenvalue weighted by Gasteiger charge is -2.27. The van der Waals surface area contributed by atoms with Gasteiger partial charge in [0.25, 0.3) is 0 Å². The number of fused-ring (bicyclic) bond motifs is 1. The van der Waals surface area contributed by atoms with Crippen molar-refractivity contribution in [1.29, 1.82) is 0 Å². The first-order valence-electron chi connectivity index (χ1n) is 7.77. The Morgan fingerprint density at radius 3 is 2.90 bits per heavy atom. The van der Waals surface area contributed by atoms with E-state index in [9.17, 15) is 5.11 Å². The van der Waals surface area contributed by atoms with E-state index in [4.69, 9.17) is 4.98 Å². The predicted octanol–water partition coefficient (Wildman–Crippen LogP) is 1.79. The van der Waals surface area contributed by atoms with Crippen molar-refractivity contribution < 1.29 is 5.11 Å². The maximum absolute atomic E-state index is 9.35. The zero-order chi connectivity index (χ0) is 14.8. The molecule has 0 spiro atoms. The van der Waals surface area contributed by atoms with Gasteiger partial charge < -0.3 is 19.7 Å². The molecule has 5 nitrogen and oxygen atoms in total. The highest BCUT2D eigenvalue weighted by atomic mass is 16.3. The van der Waals surface area contributed by atoms with Crippen molar-refractivity contribution in [3.63, 3.8) is 0 Å². The van der Waals surface area contributed by atoms with Crippen LogP contribution in [0.5, 0.6) is 0 Å². The summed E-state index contributed by atoms with van der Waals surface area (Å²) in [6.07, 6.45) is 4.61. The average Bonchev–Trinajstić information content (AvgIpc) is 3.23. The summed E-state index contributed by atoms with van der Waals surface area (Å²) in [5.41, 5.74) is 2.14. The van der Waals surface area contributed by atoms with Gasteiger partial charge in [0.2, 0.25) is 0 Å². The molecule has 2 N–H and O–H groups in total. The molecular formula is C16H24N4O. The van der Waals surface area contributed by atoms with Crippen LogP contribution < -0.4 is 10.2 Å². The van der Waals surface area contributed by atoms with Gasteiger partial charge in [-0.2, -0.15) is 0 Å². The number of hydrogen-bond acceptors (Lipinski definition) is 4. The summed E-state index contributed by atoms with van der Waals surface area (Å²) in [7, 11) is 0. The summed E-state index contributed by atoms with van der Waals surface area (Å²) < 4.78 is 2.15. The van der Waals surface area contributed by atoms with Crippen LogP contribution in [-0.2, 0) is 6.54 Å². The van der Waals surface area contributed by atoms with Crippen LogP contribution in [0.2, 0.25) is 0 Å². The van der Waals surface area contributed by atoms with Crippen LogP contribution in [0.1, 0.15) is 32.4 Å². The summed E-state index contributed by atoms with van der Waals surface area (Å²) in [6.45, 7) is 5.84. The molecule has 0 bridgehead atoms. The second-order valence-electron chi connectivity index (χ2n) is 5.98. The van der Waals surface area contributed by atoms with Crippen molar-refractivity contribution in [2.45, 2.75) is 45.3 Å². The zero-order valence-electron chi connectivity index (χ0n) is 12.8. The van der Waals surface area contributed by atoms with Crippen molar-refractivity contribution in [3.8, 4) is 0 Å². The number of nitrogens with zero attached hydrogens (tertiary/aromatic N) is 3. The van der Waals surface area contributed by atoms with Gasteiger partial charge in [0.15, 0.2) is 5.82 Å². The average molecular weight is 288 g/mol. The van der Waals surface area contributed by atoms with Crippen molar-refractivity contribution >= 4 is 11.5 Å². The molecule has 114 valence electrons. The summed E-state index contributed by atoms with van der Waals surface area (Å²) >= 11 is 0. The first kappa shape index (κ1) is 14.4. The van der Waals surface area contributed by atoms with Gasteiger partial charge in [-0.05, 0) is 38.8 Å². The molecule has 0 unspecified atom stereocenters. The number of aromatic nitrogens is 2. The second kappa shape index (κ2) is 6.03. The molecule has 2 aromatic heterocycles. The molecule has 2 aromatic rings. The van der Waals surface area contributed by atoms with E-state index in [1.165, 1.54) is 18.5 Å². The molecule has 1 aliphatic carbocycles. The van der Waals surface area contributed by atoms with Crippen LogP contribution in [0.3, 0.4) is 0 Å². The highest BCUT2D eigenvalue weighted by Gasteiger charge is 2.24. The Labute approximate surface area is 125 Å². The summed E-state index contributed by atoms with van der Waals surface area (Å²) in [5, 5.41) is 12.9. The lowest BCUT2D eigenvalue weighted by Crippen LogP contribution is -2.35. The lowest BCUT2D eigenvalue weighted by molar-refractivity contribution is 0.298. The Kier molecular flexibility index (Phi) is 4.12. The Bertz CT molecular complexity index is 603. The van der Waals surface area contributed by atoms with Gasteiger partial charge in [0.05, 0.1) is 12.3 Å². The first-order chi connectivity index (χ1) is 10.2. The quantitative estimate of drug-likeness (QED) is 0.815. The molecule has 1 fully saturated rings. The van der Waals surface area contributed by atoms with E-state index in [0.717, 1.165) is 18.0 Å². The van der Waals surface area contributed by atoms with Crippen LogP contribution in [0.15, 0.2) is 24.4 Å². The smallest absolute Gasteiger partial charge is 0.152 e. The number of nitrogens with one attached hydrogen (secondary N) is 1. The van der Waals surface area contributed by atoms with Crippen LogP contribution in [0.25, 0.3) is 5.65 Å². The fourth-order valence-electron chi connectivity index (χ4n) is 2.67. The molecular weight excluding hydrogens is 264 g/mol. The summed E-state index contributed by atoms with van der Waals surface area (Å²) in [6, 6.07) is 7.04. The van der Waals surface area contributed by atoms with Crippen LogP contribution >= 0.6 is 0 Å². The maximum Gasteiger partial charge on any atom is 0.152 e. The van der Waals surface area contributed by atoms with Gasteiger partial charge in [-0.1, -0.05) is 6.07 Å². The molecule has 0 aromatic carbocycles. The number of rotatable bonds is 7. The molecule has 21 heavy (non-hydrogen) atoms. The number of anilines is 1. The molecule has 5 heteroatoms. The monoisotopic (exact) mass is 288 g/mol. The largest absolute Gasteiger partial charge is 0.395 e. The standard InChI is InChI=1S/C16H24N4O/c1-12(2)19(9-10-21)16-14(11-17-13-6-7-13)20-8-4-3-5-15(20)18-16/h3-5,8,12-13,17,21H,6-7,9-11H2,1-2H3. The van der Waals surface area contributed by atoms with Gasteiger partial charge in [-0.25, -0.2) is 4.98 Å². The third-order valence-electron chi connectivity index (χ3n) is 3.98. The van der Waals surface area contributed by atoms with E-state index < -0.39 is 0 Å². The van der Waals surface area contributed by atoms with Crippen molar-refractivity contribution in [3.05, 3.63) is 30.1 Å². The molecule has 1 saturated carbocycles. The van der Waals surface area contributed by atoms with Crippen LogP contribution in [-0.4, -0.2) is 39.7 Å². The van der Waals surface area contributed by atoms with Crippen molar-refractivity contribution in [1.82, 2.24) is 14.7 Å². The molecule has 0 atom stereocenters. The minimum Gasteiger partial charge on any atom is -0.395 e. The number of hydrogen-bond donors (Lipinski definition) is 2. The van der Waals surface area contributed by atoms with E-state index in [1.807, 2.05) is 18.2 Å². The molecule has 1 aliphatic rings. The first-order valence-corrected chi connectivity index (χ1v) is 7.77. The second-order valence-corrected chi connectivity index (χ2v) is 5.98. The lowest BCUT2D eigenvalue weighted by atomic mass is 10.3. The zero-order valence-corrected chi connectivity index (χ0v) is 12.8. The highest BCUT2D eigenvalue weighted by molar-refractivity contribution is 5.56. The molecule has 3 rings (SSSR count). The maximum atomic E-state index is 9.35. The molecule has 0 saturated heterocycles. The van der Waals surface area contributed by atoms with Gasteiger partial charge in [-0.15, -0.1) is 0 Å². The van der Waals surface area contributed by atoms with E-state index >= 15 is 0 Å². The Hall–Kier alpha value is -1.59.